The van der Waals surface area contributed by atoms with Crippen LogP contribution in [0.2, 0.25) is 0 Å². The van der Waals surface area contributed by atoms with Crippen LogP contribution in [-0.4, -0.2) is 15.9 Å². The quantitative estimate of drug-likeness (QED) is 0.614. The number of primary amides is 1. The van der Waals surface area contributed by atoms with Gasteiger partial charge in [0.25, 0.3) is 5.91 Å². The highest BCUT2D eigenvalue weighted by Crippen LogP contribution is 2.15. The molecule has 1 aliphatic heterocycles. The lowest BCUT2D eigenvalue weighted by atomic mass is 10.3. The van der Waals surface area contributed by atoms with E-state index in [-0.39, 0.29) is 5.82 Å². The van der Waals surface area contributed by atoms with Gasteiger partial charge in [0.05, 0.1) is 18.9 Å². The van der Waals surface area contributed by atoms with E-state index in [9.17, 15) is 4.79 Å². The fourth-order valence-electron chi connectivity index (χ4n) is 1.06. The summed E-state index contributed by atoms with van der Waals surface area (Å²) < 4.78 is 5.10. The molecule has 5 nitrogen and oxygen atoms in total. The van der Waals surface area contributed by atoms with Gasteiger partial charge in [0, 0.05) is 11.8 Å². The average Bonchev–Trinajstić information content (AvgIpc) is 2.49. The van der Waals surface area contributed by atoms with Crippen LogP contribution < -0.4 is 5.73 Å². The monoisotopic (exact) mass is 165 g/mol. The summed E-state index contributed by atoms with van der Waals surface area (Å²) in [7, 11) is 0. The van der Waals surface area contributed by atoms with Crippen molar-refractivity contribution in [2.75, 3.05) is 0 Å². The summed E-state index contributed by atoms with van der Waals surface area (Å²) >= 11 is 0. The minimum Gasteiger partial charge on any atom is -0.370 e. The van der Waals surface area contributed by atoms with Gasteiger partial charge in [-0.15, -0.1) is 0 Å². The third kappa shape index (κ3) is 1.04. The van der Waals surface area contributed by atoms with E-state index in [2.05, 4.69) is 9.97 Å². The van der Waals surface area contributed by atoms with Crippen LogP contribution in [-0.2, 0) is 18.0 Å². The smallest absolute Gasteiger partial charge is 0.286 e. The zero-order chi connectivity index (χ0) is 8.55. The number of amides is 1. The maximum atomic E-state index is 10.7. The van der Waals surface area contributed by atoms with Crippen LogP contribution in [0.3, 0.4) is 0 Å². The standard InChI is InChI=1S/C7H7N3O2/c8-6(11)7-9-1-4-2-12-3-5(4)10-7/h1H,2-3H2,(H2,8,11). The summed E-state index contributed by atoms with van der Waals surface area (Å²) in [6.07, 6.45) is 1.58. The molecule has 62 valence electrons. The number of nitrogens with two attached hydrogens (primary N) is 1. The molecule has 0 aliphatic carbocycles. The average molecular weight is 165 g/mol. The van der Waals surface area contributed by atoms with Gasteiger partial charge in [0.2, 0.25) is 5.82 Å². The second-order valence-electron chi connectivity index (χ2n) is 2.52. The summed E-state index contributed by atoms with van der Waals surface area (Å²) in [6.45, 7) is 0.965. The molecule has 0 aromatic carbocycles. The highest BCUT2D eigenvalue weighted by Gasteiger charge is 2.15. The highest BCUT2D eigenvalue weighted by molar-refractivity contribution is 5.88. The first-order chi connectivity index (χ1) is 5.77. The summed E-state index contributed by atoms with van der Waals surface area (Å²) in [4.78, 5) is 18.4. The number of ether oxygens (including phenoxy) is 1. The Morgan fingerprint density at radius 3 is 3.17 bits per heavy atom. The van der Waals surface area contributed by atoms with Crippen LogP contribution in [0, 0.1) is 0 Å². The number of fused-ring (bicyclic) bond motifs is 1. The molecule has 2 rings (SSSR count). The molecule has 5 heteroatoms. The maximum Gasteiger partial charge on any atom is 0.286 e. The molecule has 1 aliphatic rings. The number of nitrogens with zero attached hydrogens (tertiary/aromatic N) is 2. The fourth-order valence-corrected chi connectivity index (χ4v) is 1.06. The molecule has 0 fully saturated rings. The zero-order valence-corrected chi connectivity index (χ0v) is 6.28. The van der Waals surface area contributed by atoms with Gasteiger partial charge >= 0.3 is 0 Å². The highest BCUT2D eigenvalue weighted by atomic mass is 16.5. The van der Waals surface area contributed by atoms with Crippen molar-refractivity contribution in [2.45, 2.75) is 13.2 Å². The SMILES string of the molecule is NC(=O)c1ncc2c(n1)COC2. The Morgan fingerprint density at radius 1 is 1.58 bits per heavy atom. The molecule has 0 radical (unpaired) electrons. The maximum absolute atomic E-state index is 10.7. The number of hydrogen-bond acceptors (Lipinski definition) is 4. The molecule has 12 heavy (non-hydrogen) atoms. The lowest BCUT2D eigenvalue weighted by Crippen LogP contribution is -2.16. The molecule has 0 bridgehead atoms. The normalized spacial score (nSPS) is 14.3. The van der Waals surface area contributed by atoms with Crippen LogP contribution in [0.1, 0.15) is 21.9 Å². The minimum absolute atomic E-state index is 0.0549. The van der Waals surface area contributed by atoms with Crippen molar-refractivity contribution in [3.05, 3.63) is 23.3 Å². The summed E-state index contributed by atoms with van der Waals surface area (Å²) in [5.74, 6) is -0.552. The molecule has 0 atom stereocenters. The van der Waals surface area contributed by atoms with Crippen molar-refractivity contribution in [1.29, 1.82) is 0 Å². The molecule has 1 aromatic rings. The second-order valence-corrected chi connectivity index (χ2v) is 2.52. The Morgan fingerprint density at radius 2 is 2.42 bits per heavy atom. The van der Waals surface area contributed by atoms with Crippen LogP contribution in [0.5, 0.6) is 0 Å². The molecule has 1 aromatic heterocycles. The summed E-state index contributed by atoms with van der Waals surface area (Å²) in [6, 6.07) is 0. The first-order valence-corrected chi connectivity index (χ1v) is 3.49. The number of hydrogen-bond donors (Lipinski definition) is 1. The van der Waals surface area contributed by atoms with Gasteiger partial charge in [-0.3, -0.25) is 4.79 Å². The first-order valence-electron chi connectivity index (χ1n) is 3.49. The Balaban J connectivity index is 2.45. The van der Waals surface area contributed by atoms with Gasteiger partial charge in [-0.1, -0.05) is 0 Å². The fraction of sp³-hybridized carbons (Fsp3) is 0.286. The molecule has 0 saturated carbocycles. The molecule has 2 N–H and O–H groups in total. The van der Waals surface area contributed by atoms with Crippen molar-refractivity contribution in [3.8, 4) is 0 Å². The van der Waals surface area contributed by atoms with E-state index in [1.54, 1.807) is 6.20 Å². The Hall–Kier alpha value is -1.49. The number of carbonyl (C=O) groups is 1. The van der Waals surface area contributed by atoms with Crippen molar-refractivity contribution in [3.63, 3.8) is 0 Å². The molecular weight excluding hydrogens is 158 g/mol. The Labute approximate surface area is 68.6 Å². The van der Waals surface area contributed by atoms with Gasteiger partial charge in [-0.25, -0.2) is 9.97 Å². The van der Waals surface area contributed by atoms with E-state index < -0.39 is 5.91 Å². The van der Waals surface area contributed by atoms with Gasteiger partial charge in [-0.05, 0) is 0 Å². The second kappa shape index (κ2) is 2.53. The number of aromatic nitrogens is 2. The van der Waals surface area contributed by atoms with Crippen molar-refractivity contribution in [2.24, 2.45) is 5.73 Å². The molecule has 1 amide bonds. The zero-order valence-electron chi connectivity index (χ0n) is 6.28. The number of rotatable bonds is 1. The third-order valence-electron chi connectivity index (χ3n) is 1.67. The van der Waals surface area contributed by atoms with Crippen molar-refractivity contribution in [1.82, 2.24) is 9.97 Å². The molecule has 0 saturated heterocycles. The summed E-state index contributed by atoms with van der Waals surface area (Å²) in [5, 5.41) is 0. The predicted molar refractivity (Wildman–Crippen MR) is 39.0 cm³/mol. The van der Waals surface area contributed by atoms with Crippen LogP contribution >= 0.6 is 0 Å². The molecule has 0 unspecified atom stereocenters. The van der Waals surface area contributed by atoms with Crippen LogP contribution in [0.15, 0.2) is 6.20 Å². The summed E-state index contributed by atoms with van der Waals surface area (Å²) in [5.41, 5.74) is 6.70. The molecule has 0 spiro atoms. The number of carbonyl (C=O) groups excluding carboxylic acids is 1. The Bertz CT molecular complexity index is 337. The van der Waals surface area contributed by atoms with Gasteiger partial charge < -0.3 is 10.5 Å². The minimum atomic E-state index is -0.607. The van der Waals surface area contributed by atoms with E-state index in [0.29, 0.717) is 13.2 Å². The van der Waals surface area contributed by atoms with E-state index >= 15 is 0 Å². The largest absolute Gasteiger partial charge is 0.370 e. The molecule has 2 heterocycles. The van der Waals surface area contributed by atoms with E-state index in [0.717, 1.165) is 11.3 Å². The van der Waals surface area contributed by atoms with Gasteiger partial charge in [0.15, 0.2) is 0 Å². The van der Waals surface area contributed by atoms with Crippen LogP contribution in [0.4, 0.5) is 0 Å². The third-order valence-corrected chi connectivity index (χ3v) is 1.67. The lowest BCUT2D eigenvalue weighted by Gasteiger charge is -1.96. The van der Waals surface area contributed by atoms with E-state index in [1.165, 1.54) is 0 Å². The van der Waals surface area contributed by atoms with E-state index in [1.807, 2.05) is 0 Å². The Kier molecular flexibility index (Phi) is 1.51. The van der Waals surface area contributed by atoms with E-state index in [4.69, 9.17) is 10.5 Å². The van der Waals surface area contributed by atoms with Crippen molar-refractivity contribution >= 4 is 5.91 Å². The topological polar surface area (TPSA) is 78.1 Å². The van der Waals surface area contributed by atoms with Gasteiger partial charge in [-0.2, -0.15) is 0 Å². The van der Waals surface area contributed by atoms with Gasteiger partial charge in [0.1, 0.15) is 0 Å². The van der Waals surface area contributed by atoms with Crippen LogP contribution in [0.25, 0.3) is 0 Å². The first kappa shape index (κ1) is 7.17. The lowest BCUT2D eigenvalue weighted by molar-refractivity contribution is 0.0989. The predicted octanol–water partition coefficient (Wildman–Crippen LogP) is -0.394. The van der Waals surface area contributed by atoms with Crippen molar-refractivity contribution < 1.29 is 9.53 Å². The molecular formula is C7H7N3O2.